The van der Waals surface area contributed by atoms with E-state index >= 15 is 0 Å². The molecule has 0 saturated heterocycles. The van der Waals surface area contributed by atoms with E-state index in [4.69, 9.17) is 0 Å². The molecule has 0 aromatic rings. The second-order valence-electron chi connectivity index (χ2n) is 4.88. The summed E-state index contributed by atoms with van der Waals surface area (Å²) in [7, 11) is 4.27. The predicted molar refractivity (Wildman–Crippen MR) is 70.4 cm³/mol. The molecule has 0 saturated carbocycles. The first-order chi connectivity index (χ1) is 7.77. The van der Waals surface area contributed by atoms with Crippen molar-refractivity contribution in [3.63, 3.8) is 0 Å². The van der Waals surface area contributed by atoms with E-state index in [1.54, 1.807) is 0 Å². The number of rotatable bonds is 12. The van der Waals surface area contributed by atoms with Gasteiger partial charge in [-0.05, 0) is 33.5 Å². The van der Waals surface area contributed by atoms with E-state index in [9.17, 15) is 4.79 Å². The van der Waals surface area contributed by atoms with Crippen molar-refractivity contribution in [1.29, 1.82) is 0 Å². The molecule has 0 aromatic carbocycles. The van der Waals surface area contributed by atoms with Gasteiger partial charge in [0, 0.05) is 6.42 Å². The Bertz CT molecular complexity index is 146. The van der Waals surface area contributed by atoms with E-state index in [0.29, 0.717) is 6.42 Å². The van der Waals surface area contributed by atoms with Crippen molar-refractivity contribution in [3.05, 3.63) is 0 Å². The standard InChI is InChI=1S/C14H28NO/c1-15(2)13-11-9-7-5-3-4-6-8-10-12-14-16/h3-13H2,1-2H3. The summed E-state index contributed by atoms with van der Waals surface area (Å²) in [6, 6.07) is 0. The Morgan fingerprint density at radius 3 is 1.62 bits per heavy atom. The first kappa shape index (κ1) is 15.6. The minimum atomic E-state index is 0.629. The Morgan fingerprint density at radius 1 is 0.750 bits per heavy atom. The highest BCUT2D eigenvalue weighted by molar-refractivity contribution is 5.50. The molecule has 0 bridgehead atoms. The average Bonchev–Trinajstić information content (AvgIpc) is 2.25. The molecule has 95 valence electrons. The number of hydrogen-bond acceptors (Lipinski definition) is 2. The molecule has 0 aliphatic rings. The zero-order chi connectivity index (χ0) is 12.1. The van der Waals surface area contributed by atoms with Crippen molar-refractivity contribution >= 4 is 6.29 Å². The average molecular weight is 226 g/mol. The van der Waals surface area contributed by atoms with Gasteiger partial charge in [-0.25, -0.2) is 0 Å². The van der Waals surface area contributed by atoms with Crippen LogP contribution in [0.5, 0.6) is 0 Å². The number of hydrogen-bond donors (Lipinski definition) is 0. The normalized spacial score (nSPS) is 10.9. The smallest absolute Gasteiger partial charge is 0.198 e. The quantitative estimate of drug-likeness (QED) is 0.474. The van der Waals surface area contributed by atoms with Crippen molar-refractivity contribution in [1.82, 2.24) is 4.90 Å². The van der Waals surface area contributed by atoms with Gasteiger partial charge in [0.15, 0.2) is 6.29 Å². The minimum absolute atomic E-state index is 0.629. The van der Waals surface area contributed by atoms with Gasteiger partial charge in [-0.3, -0.25) is 4.79 Å². The number of carbonyl (C=O) groups excluding carboxylic acids is 1. The van der Waals surface area contributed by atoms with Crippen molar-refractivity contribution in [2.45, 2.75) is 64.2 Å². The SMILES string of the molecule is CN(C)CCCCCCCCCCC[C]=O. The maximum atomic E-state index is 9.96. The summed E-state index contributed by atoms with van der Waals surface area (Å²) >= 11 is 0. The first-order valence-corrected chi connectivity index (χ1v) is 6.77. The van der Waals surface area contributed by atoms with Crippen LogP contribution in [0.2, 0.25) is 0 Å². The Morgan fingerprint density at radius 2 is 1.19 bits per heavy atom. The molecule has 1 radical (unpaired) electrons. The van der Waals surface area contributed by atoms with Gasteiger partial charge in [0.25, 0.3) is 0 Å². The van der Waals surface area contributed by atoms with Crippen LogP contribution in [0.1, 0.15) is 64.2 Å². The maximum absolute atomic E-state index is 9.96. The topological polar surface area (TPSA) is 20.3 Å². The number of nitrogens with zero attached hydrogens (tertiary/aromatic N) is 1. The Kier molecular flexibility index (Phi) is 12.4. The van der Waals surface area contributed by atoms with E-state index in [-0.39, 0.29) is 0 Å². The lowest BCUT2D eigenvalue weighted by atomic mass is 10.1. The van der Waals surface area contributed by atoms with Gasteiger partial charge in [-0.2, -0.15) is 0 Å². The van der Waals surface area contributed by atoms with Gasteiger partial charge >= 0.3 is 0 Å². The predicted octanol–water partition coefficient (Wildman–Crippen LogP) is 3.56. The van der Waals surface area contributed by atoms with Crippen molar-refractivity contribution in [2.24, 2.45) is 0 Å². The fourth-order valence-electron chi connectivity index (χ4n) is 1.86. The van der Waals surface area contributed by atoms with E-state index < -0.39 is 0 Å². The zero-order valence-electron chi connectivity index (χ0n) is 11.1. The molecule has 16 heavy (non-hydrogen) atoms. The zero-order valence-corrected chi connectivity index (χ0v) is 11.1. The molecule has 0 rings (SSSR count). The second-order valence-corrected chi connectivity index (χ2v) is 4.88. The largest absolute Gasteiger partial charge is 0.309 e. The van der Waals surface area contributed by atoms with E-state index in [2.05, 4.69) is 19.0 Å². The third-order valence-corrected chi connectivity index (χ3v) is 2.88. The number of unbranched alkanes of at least 4 members (excludes halogenated alkanes) is 9. The summed E-state index contributed by atoms with van der Waals surface area (Å²) in [5.74, 6) is 0. The monoisotopic (exact) mass is 226 g/mol. The highest BCUT2D eigenvalue weighted by Crippen LogP contribution is 2.10. The van der Waals surface area contributed by atoms with Crippen LogP contribution in [0.25, 0.3) is 0 Å². The Balaban J connectivity index is 2.90. The van der Waals surface area contributed by atoms with Crippen LogP contribution in [0, 0.1) is 0 Å². The van der Waals surface area contributed by atoms with Crippen LogP contribution in [0.4, 0.5) is 0 Å². The van der Waals surface area contributed by atoms with Gasteiger partial charge in [0.1, 0.15) is 0 Å². The minimum Gasteiger partial charge on any atom is -0.309 e. The highest BCUT2D eigenvalue weighted by atomic mass is 16.1. The maximum Gasteiger partial charge on any atom is 0.198 e. The molecule has 0 aromatic heterocycles. The molecule has 0 spiro atoms. The molecule has 2 nitrogen and oxygen atoms in total. The van der Waals surface area contributed by atoms with Crippen LogP contribution in [-0.2, 0) is 4.79 Å². The Hall–Kier alpha value is -0.370. The fraction of sp³-hybridized carbons (Fsp3) is 0.929. The molecule has 0 N–H and O–H groups in total. The van der Waals surface area contributed by atoms with Crippen LogP contribution in [0.3, 0.4) is 0 Å². The molecule has 0 amide bonds. The summed E-state index contributed by atoms with van der Waals surface area (Å²) < 4.78 is 0. The van der Waals surface area contributed by atoms with Crippen molar-refractivity contribution in [2.75, 3.05) is 20.6 Å². The third-order valence-electron chi connectivity index (χ3n) is 2.88. The molecule has 0 unspecified atom stereocenters. The lowest BCUT2D eigenvalue weighted by Gasteiger charge is -2.08. The van der Waals surface area contributed by atoms with Gasteiger partial charge in [-0.1, -0.05) is 44.9 Å². The summed E-state index contributed by atoms with van der Waals surface area (Å²) in [6.45, 7) is 1.22. The highest BCUT2D eigenvalue weighted by Gasteiger charge is 1.93. The Labute approximate surface area is 101 Å². The molecule has 0 heterocycles. The lowest BCUT2D eigenvalue weighted by Crippen LogP contribution is -2.12. The second kappa shape index (κ2) is 12.7. The summed E-state index contributed by atoms with van der Waals surface area (Å²) in [6.07, 6.45) is 14.3. The van der Waals surface area contributed by atoms with Gasteiger partial charge in [0.05, 0.1) is 0 Å². The van der Waals surface area contributed by atoms with E-state index in [0.717, 1.165) is 6.42 Å². The van der Waals surface area contributed by atoms with E-state index in [1.165, 1.54) is 57.9 Å². The van der Waals surface area contributed by atoms with Crippen LogP contribution in [-0.4, -0.2) is 31.8 Å². The summed E-state index contributed by atoms with van der Waals surface area (Å²) in [4.78, 5) is 12.2. The molecule has 0 aliphatic carbocycles. The van der Waals surface area contributed by atoms with Crippen LogP contribution < -0.4 is 0 Å². The molecule has 0 atom stereocenters. The lowest BCUT2D eigenvalue weighted by molar-refractivity contribution is 0.389. The van der Waals surface area contributed by atoms with E-state index in [1.807, 2.05) is 6.29 Å². The molecular weight excluding hydrogens is 198 g/mol. The van der Waals surface area contributed by atoms with Crippen molar-refractivity contribution < 1.29 is 4.79 Å². The molecule has 0 aliphatic heterocycles. The summed E-state index contributed by atoms with van der Waals surface area (Å²) in [5, 5.41) is 0. The van der Waals surface area contributed by atoms with Crippen LogP contribution >= 0.6 is 0 Å². The fourth-order valence-corrected chi connectivity index (χ4v) is 1.86. The van der Waals surface area contributed by atoms with Gasteiger partial charge < -0.3 is 4.90 Å². The molecular formula is C14H28NO. The van der Waals surface area contributed by atoms with Crippen molar-refractivity contribution in [3.8, 4) is 0 Å². The molecule has 2 heteroatoms. The first-order valence-electron chi connectivity index (χ1n) is 6.77. The third kappa shape index (κ3) is 13.6. The summed E-state index contributed by atoms with van der Waals surface area (Å²) in [5.41, 5.74) is 0. The van der Waals surface area contributed by atoms with Crippen LogP contribution in [0.15, 0.2) is 0 Å². The van der Waals surface area contributed by atoms with Gasteiger partial charge in [0.2, 0.25) is 0 Å². The van der Waals surface area contributed by atoms with Gasteiger partial charge in [-0.15, -0.1) is 0 Å². The molecule has 0 fully saturated rings.